The maximum Gasteiger partial charge on any atom is 0.338 e. The Morgan fingerprint density at radius 2 is 0.889 bits per heavy atom. The van der Waals surface area contributed by atoms with Gasteiger partial charge in [-0.15, -0.1) is 0 Å². The number of benzene rings is 2. The lowest BCUT2D eigenvalue weighted by Gasteiger charge is -2.34. The Morgan fingerprint density at radius 3 is 1.17 bits per heavy atom. The number of carbonyl (C=O) groups excluding carboxylic acids is 2. The molecular weight excluding hydrogens is 468 g/mol. The number of methoxy groups -OCH3 is 4. The summed E-state index contributed by atoms with van der Waals surface area (Å²) in [5.74, 6) is 1.30. The van der Waals surface area contributed by atoms with Gasteiger partial charge in [-0.25, -0.2) is 9.59 Å². The third kappa shape index (κ3) is 7.76. The average molecular weight is 503 g/mol. The Morgan fingerprint density at radius 1 is 0.583 bits per heavy atom. The molecule has 3 rings (SSSR count). The van der Waals surface area contributed by atoms with Crippen LogP contribution in [0.15, 0.2) is 36.4 Å². The number of hydrogen-bond acceptors (Lipinski definition) is 10. The van der Waals surface area contributed by atoms with Gasteiger partial charge < -0.3 is 28.4 Å². The molecule has 2 aromatic carbocycles. The van der Waals surface area contributed by atoms with Crippen LogP contribution in [0.25, 0.3) is 0 Å². The summed E-state index contributed by atoms with van der Waals surface area (Å²) in [4.78, 5) is 29.3. The maximum atomic E-state index is 12.4. The van der Waals surface area contributed by atoms with Crippen molar-refractivity contribution in [2.45, 2.75) is 0 Å². The van der Waals surface area contributed by atoms with Gasteiger partial charge in [0.25, 0.3) is 0 Å². The van der Waals surface area contributed by atoms with E-state index in [9.17, 15) is 9.59 Å². The fraction of sp³-hybridized carbons (Fsp3) is 0.462. The molecule has 10 nitrogen and oxygen atoms in total. The zero-order valence-corrected chi connectivity index (χ0v) is 21.3. The smallest absolute Gasteiger partial charge is 0.338 e. The van der Waals surface area contributed by atoms with Gasteiger partial charge in [0.15, 0.2) is 0 Å². The highest BCUT2D eigenvalue weighted by atomic mass is 16.5. The standard InChI is InChI=1S/C26H34N2O8/c1-31-21-13-19(14-22(17-21)32-2)25(29)35-11-9-27-5-7-28(8-6-27)10-12-36-26(30)20-15-23(33-3)18-24(16-20)34-4/h13-18H,5-12H2,1-4H3. The summed E-state index contributed by atoms with van der Waals surface area (Å²) >= 11 is 0. The first kappa shape index (κ1) is 27.1. The van der Waals surface area contributed by atoms with Crippen molar-refractivity contribution in [3.63, 3.8) is 0 Å². The van der Waals surface area contributed by atoms with Crippen LogP contribution in [0.4, 0.5) is 0 Å². The van der Waals surface area contributed by atoms with Crippen LogP contribution in [0.2, 0.25) is 0 Å². The van der Waals surface area contributed by atoms with Gasteiger partial charge in [-0.1, -0.05) is 0 Å². The largest absolute Gasteiger partial charge is 0.497 e. The second-order valence-corrected chi connectivity index (χ2v) is 8.16. The van der Waals surface area contributed by atoms with Crippen LogP contribution in [-0.4, -0.2) is 103 Å². The molecule has 0 aliphatic carbocycles. The van der Waals surface area contributed by atoms with Crippen LogP contribution in [0.3, 0.4) is 0 Å². The molecule has 1 saturated heterocycles. The Hall–Kier alpha value is -3.50. The lowest BCUT2D eigenvalue weighted by atomic mass is 10.2. The van der Waals surface area contributed by atoms with E-state index in [1.165, 1.54) is 28.4 Å². The van der Waals surface area contributed by atoms with Crippen LogP contribution in [-0.2, 0) is 9.47 Å². The molecule has 0 saturated carbocycles. The van der Waals surface area contributed by atoms with Gasteiger partial charge in [-0.05, 0) is 24.3 Å². The predicted molar refractivity (Wildman–Crippen MR) is 133 cm³/mol. The van der Waals surface area contributed by atoms with Crippen molar-refractivity contribution in [2.75, 3.05) is 80.9 Å². The van der Waals surface area contributed by atoms with Crippen molar-refractivity contribution in [3.05, 3.63) is 47.5 Å². The third-order valence-corrected chi connectivity index (χ3v) is 5.92. The van der Waals surface area contributed by atoms with Crippen molar-refractivity contribution in [1.29, 1.82) is 0 Å². The molecule has 0 unspecified atom stereocenters. The van der Waals surface area contributed by atoms with Crippen molar-refractivity contribution in [1.82, 2.24) is 9.80 Å². The Labute approximate surface area is 211 Å². The minimum atomic E-state index is -0.415. The van der Waals surface area contributed by atoms with Crippen LogP contribution in [0, 0.1) is 0 Å². The molecule has 1 aliphatic heterocycles. The van der Waals surface area contributed by atoms with Gasteiger partial charge in [0.2, 0.25) is 0 Å². The molecule has 1 fully saturated rings. The van der Waals surface area contributed by atoms with Crippen molar-refractivity contribution in [2.24, 2.45) is 0 Å². The predicted octanol–water partition coefficient (Wildman–Crippen LogP) is 2.35. The van der Waals surface area contributed by atoms with Crippen molar-refractivity contribution >= 4 is 11.9 Å². The quantitative estimate of drug-likeness (QED) is 0.403. The van der Waals surface area contributed by atoms with E-state index < -0.39 is 11.9 Å². The first-order valence-electron chi connectivity index (χ1n) is 11.7. The molecule has 10 heteroatoms. The molecule has 1 aliphatic rings. The fourth-order valence-electron chi connectivity index (χ4n) is 3.79. The van der Waals surface area contributed by atoms with Gasteiger partial charge >= 0.3 is 11.9 Å². The minimum absolute atomic E-state index is 0.292. The highest BCUT2D eigenvalue weighted by Gasteiger charge is 2.19. The summed E-state index contributed by atoms with van der Waals surface area (Å²) in [6.07, 6.45) is 0. The molecule has 2 aromatic rings. The average Bonchev–Trinajstić information content (AvgIpc) is 2.92. The normalized spacial score (nSPS) is 14.1. The number of nitrogens with zero attached hydrogens (tertiary/aromatic N) is 2. The second kappa shape index (κ2) is 13.6. The van der Waals surface area contributed by atoms with Gasteiger partial charge in [-0.3, -0.25) is 9.80 Å². The molecule has 36 heavy (non-hydrogen) atoms. The lowest BCUT2D eigenvalue weighted by molar-refractivity contribution is 0.0351. The Bertz CT molecular complexity index is 895. The molecule has 0 amide bonds. The maximum absolute atomic E-state index is 12.4. The summed E-state index contributed by atoms with van der Waals surface area (Å²) in [5.41, 5.74) is 0.774. The SMILES string of the molecule is COc1cc(OC)cc(C(=O)OCCN2CCN(CCOC(=O)c3cc(OC)cc(OC)c3)CC2)c1. The van der Waals surface area contributed by atoms with E-state index in [2.05, 4.69) is 9.80 Å². The highest BCUT2D eigenvalue weighted by molar-refractivity contribution is 5.91. The summed E-state index contributed by atoms with van der Waals surface area (Å²) in [6.45, 7) is 5.23. The lowest BCUT2D eigenvalue weighted by Crippen LogP contribution is -2.48. The Kier molecular flexibility index (Phi) is 10.2. The van der Waals surface area contributed by atoms with E-state index in [0.29, 0.717) is 60.4 Å². The fourth-order valence-corrected chi connectivity index (χ4v) is 3.79. The van der Waals surface area contributed by atoms with Crippen molar-refractivity contribution < 1.29 is 38.0 Å². The van der Waals surface area contributed by atoms with E-state index >= 15 is 0 Å². The zero-order valence-electron chi connectivity index (χ0n) is 21.3. The minimum Gasteiger partial charge on any atom is -0.497 e. The van der Waals surface area contributed by atoms with E-state index in [1.807, 2.05) is 0 Å². The highest BCUT2D eigenvalue weighted by Crippen LogP contribution is 2.24. The van der Waals surface area contributed by atoms with Crippen molar-refractivity contribution in [3.8, 4) is 23.0 Å². The molecule has 196 valence electrons. The van der Waals surface area contributed by atoms with E-state index in [0.717, 1.165) is 26.2 Å². The molecule has 0 aromatic heterocycles. The number of carbonyl (C=O) groups is 2. The number of rotatable bonds is 12. The topological polar surface area (TPSA) is 96.0 Å². The Balaban J connectivity index is 1.35. The van der Waals surface area contributed by atoms with Crippen LogP contribution >= 0.6 is 0 Å². The number of hydrogen-bond donors (Lipinski definition) is 0. The van der Waals surface area contributed by atoms with Gasteiger partial charge in [0.05, 0.1) is 39.6 Å². The van der Waals surface area contributed by atoms with E-state index in [1.54, 1.807) is 36.4 Å². The van der Waals surface area contributed by atoms with Crippen LogP contribution in [0.5, 0.6) is 23.0 Å². The van der Waals surface area contributed by atoms with E-state index in [4.69, 9.17) is 28.4 Å². The summed E-state index contributed by atoms with van der Waals surface area (Å²) in [6, 6.07) is 9.91. The molecular formula is C26H34N2O8. The first-order valence-corrected chi connectivity index (χ1v) is 11.7. The van der Waals surface area contributed by atoms with Gasteiger partial charge in [0.1, 0.15) is 36.2 Å². The molecule has 1 heterocycles. The zero-order chi connectivity index (χ0) is 25.9. The van der Waals surface area contributed by atoms with Crippen LogP contribution < -0.4 is 18.9 Å². The molecule has 0 atom stereocenters. The second-order valence-electron chi connectivity index (χ2n) is 8.16. The van der Waals surface area contributed by atoms with Gasteiger partial charge in [-0.2, -0.15) is 0 Å². The molecule has 0 N–H and O–H groups in total. The molecule has 0 radical (unpaired) electrons. The van der Waals surface area contributed by atoms with Crippen LogP contribution in [0.1, 0.15) is 20.7 Å². The number of piperazine rings is 1. The molecule has 0 spiro atoms. The number of esters is 2. The molecule has 0 bridgehead atoms. The summed E-state index contributed by atoms with van der Waals surface area (Å²) in [7, 11) is 6.13. The first-order chi connectivity index (χ1) is 17.4. The summed E-state index contributed by atoms with van der Waals surface area (Å²) < 4.78 is 31.7. The monoisotopic (exact) mass is 502 g/mol. The van der Waals surface area contributed by atoms with Gasteiger partial charge in [0, 0.05) is 51.4 Å². The number of ether oxygens (including phenoxy) is 6. The summed E-state index contributed by atoms with van der Waals surface area (Å²) in [5, 5.41) is 0. The third-order valence-electron chi connectivity index (χ3n) is 5.92. The van der Waals surface area contributed by atoms with E-state index in [-0.39, 0.29) is 0 Å².